The van der Waals surface area contributed by atoms with Crippen molar-refractivity contribution in [1.82, 2.24) is 20.6 Å². The molecule has 0 spiro atoms. The molecule has 0 saturated carbocycles. The van der Waals surface area contributed by atoms with Gasteiger partial charge in [0, 0.05) is 29.7 Å². The van der Waals surface area contributed by atoms with Gasteiger partial charge >= 0.3 is 0 Å². The van der Waals surface area contributed by atoms with Gasteiger partial charge < -0.3 is 20.5 Å². The van der Waals surface area contributed by atoms with E-state index >= 15 is 0 Å². The lowest BCUT2D eigenvalue weighted by atomic mass is 9.93. The zero-order valence-electron chi connectivity index (χ0n) is 17.5. The highest BCUT2D eigenvalue weighted by atomic mass is 35.5. The second kappa shape index (κ2) is 8.30. The Balaban J connectivity index is 1.31. The Hall–Kier alpha value is -2.77. The number of fused-ring (bicyclic) bond motifs is 2. The first-order chi connectivity index (χ1) is 15.4. The summed E-state index contributed by atoms with van der Waals surface area (Å²) < 4.78 is 0. The summed E-state index contributed by atoms with van der Waals surface area (Å²) >= 11 is 12.6. The summed E-state index contributed by atoms with van der Waals surface area (Å²) in [6.45, 7) is 3.33. The van der Waals surface area contributed by atoms with E-state index in [2.05, 4.69) is 25.5 Å². The SMILES string of the molecule is C[C@H](NC(=O)c1ccc(N2CCC3C(=O)NCCC32)c(Cl)c1)c1nc2cc(Cl)ccc2[nH]1. The second-order valence-corrected chi connectivity index (χ2v) is 9.22. The predicted molar refractivity (Wildman–Crippen MR) is 125 cm³/mol. The predicted octanol–water partition coefficient (Wildman–Crippen LogP) is 4.08. The number of nitrogens with zero attached hydrogens (tertiary/aromatic N) is 2. The van der Waals surface area contributed by atoms with E-state index < -0.39 is 0 Å². The van der Waals surface area contributed by atoms with Gasteiger partial charge in [-0.15, -0.1) is 0 Å². The van der Waals surface area contributed by atoms with Gasteiger partial charge in [-0.05, 0) is 56.2 Å². The van der Waals surface area contributed by atoms with Gasteiger partial charge in [-0.3, -0.25) is 9.59 Å². The van der Waals surface area contributed by atoms with Crippen LogP contribution in [0.3, 0.4) is 0 Å². The van der Waals surface area contributed by atoms with Crippen molar-refractivity contribution >= 4 is 51.7 Å². The number of hydrogen-bond donors (Lipinski definition) is 3. The van der Waals surface area contributed by atoms with Crippen LogP contribution in [-0.2, 0) is 4.79 Å². The van der Waals surface area contributed by atoms with Crippen LogP contribution in [0.5, 0.6) is 0 Å². The van der Waals surface area contributed by atoms with Gasteiger partial charge in [-0.2, -0.15) is 0 Å². The fourth-order valence-electron chi connectivity index (χ4n) is 4.72. The number of aromatic nitrogens is 2. The number of halogens is 2. The summed E-state index contributed by atoms with van der Waals surface area (Å²) in [7, 11) is 0. The number of aromatic amines is 1. The van der Waals surface area contributed by atoms with Crippen molar-refractivity contribution in [3.63, 3.8) is 0 Å². The number of benzene rings is 2. The van der Waals surface area contributed by atoms with Gasteiger partial charge in [0.15, 0.2) is 0 Å². The highest BCUT2D eigenvalue weighted by Gasteiger charge is 2.41. The number of H-pyrrole nitrogens is 1. The maximum absolute atomic E-state index is 12.9. The van der Waals surface area contributed by atoms with Gasteiger partial charge in [0.1, 0.15) is 5.82 Å². The van der Waals surface area contributed by atoms with Crippen LogP contribution < -0.4 is 15.5 Å². The summed E-state index contributed by atoms with van der Waals surface area (Å²) in [6.07, 6.45) is 1.71. The van der Waals surface area contributed by atoms with E-state index in [1.807, 2.05) is 19.1 Å². The molecule has 2 amide bonds. The number of nitrogens with one attached hydrogen (secondary N) is 3. The molecular formula is C23H23Cl2N5O2. The molecule has 0 bridgehead atoms. The minimum atomic E-state index is -0.327. The number of rotatable bonds is 4. The number of amides is 2. The van der Waals surface area contributed by atoms with E-state index in [9.17, 15) is 9.59 Å². The molecular weight excluding hydrogens is 449 g/mol. The van der Waals surface area contributed by atoms with Crippen molar-refractivity contribution in [3.05, 3.63) is 57.8 Å². The number of carbonyl (C=O) groups is 2. The Morgan fingerprint density at radius 2 is 2.06 bits per heavy atom. The molecule has 5 rings (SSSR count). The third-order valence-corrected chi connectivity index (χ3v) is 6.90. The average molecular weight is 472 g/mol. The molecule has 0 radical (unpaired) electrons. The van der Waals surface area contributed by atoms with Gasteiger partial charge in [0.05, 0.1) is 33.7 Å². The van der Waals surface area contributed by atoms with Crippen molar-refractivity contribution in [1.29, 1.82) is 0 Å². The van der Waals surface area contributed by atoms with Crippen molar-refractivity contribution < 1.29 is 9.59 Å². The largest absolute Gasteiger partial charge is 0.366 e. The molecule has 2 saturated heterocycles. The minimum absolute atomic E-state index is 0.00216. The first-order valence-corrected chi connectivity index (χ1v) is 11.5. The monoisotopic (exact) mass is 471 g/mol. The summed E-state index contributed by atoms with van der Waals surface area (Å²) in [4.78, 5) is 34.9. The first kappa shape index (κ1) is 21.1. The fraction of sp³-hybridized carbons (Fsp3) is 0.348. The van der Waals surface area contributed by atoms with E-state index in [0.29, 0.717) is 28.0 Å². The molecule has 2 aliphatic heterocycles. The number of anilines is 1. The van der Waals surface area contributed by atoms with Crippen molar-refractivity contribution in [2.24, 2.45) is 5.92 Å². The quantitative estimate of drug-likeness (QED) is 0.534. The third-order valence-electron chi connectivity index (χ3n) is 6.36. The molecule has 2 fully saturated rings. The molecule has 3 N–H and O–H groups in total. The Bertz CT molecular complexity index is 1210. The fourth-order valence-corrected chi connectivity index (χ4v) is 5.18. The molecule has 0 aliphatic carbocycles. The molecule has 166 valence electrons. The number of hydrogen-bond acceptors (Lipinski definition) is 4. The maximum Gasteiger partial charge on any atom is 0.251 e. The molecule has 2 unspecified atom stereocenters. The number of carbonyl (C=O) groups excluding carboxylic acids is 2. The van der Waals surface area contributed by atoms with Gasteiger partial charge in [-0.25, -0.2) is 4.98 Å². The zero-order valence-corrected chi connectivity index (χ0v) is 19.0. The van der Waals surface area contributed by atoms with Crippen LogP contribution in [0.4, 0.5) is 5.69 Å². The molecule has 3 heterocycles. The standard InChI is InChI=1S/C23H23Cl2N5O2/c1-12(21-28-17-4-3-14(24)11-18(17)29-21)27-22(31)13-2-5-20(16(25)10-13)30-9-7-15-19(30)6-8-26-23(15)32/h2-5,10-12,15,19H,6-9H2,1H3,(H,26,32)(H,27,31)(H,28,29)/t12-,15?,19?/m0/s1. The van der Waals surface area contributed by atoms with Gasteiger partial charge in [0.2, 0.25) is 5.91 Å². The van der Waals surface area contributed by atoms with Crippen molar-refractivity contribution in [2.45, 2.75) is 31.8 Å². The normalized spacial score (nSPS) is 21.3. The molecule has 3 atom stereocenters. The van der Waals surface area contributed by atoms with Gasteiger partial charge in [0.25, 0.3) is 5.91 Å². The second-order valence-electron chi connectivity index (χ2n) is 8.38. The lowest BCUT2D eigenvalue weighted by Crippen LogP contribution is -2.47. The lowest BCUT2D eigenvalue weighted by Gasteiger charge is -2.33. The van der Waals surface area contributed by atoms with Gasteiger partial charge in [-0.1, -0.05) is 23.2 Å². The summed E-state index contributed by atoms with van der Waals surface area (Å²) in [5.74, 6) is 0.540. The van der Waals surface area contributed by atoms with Crippen molar-refractivity contribution in [2.75, 3.05) is 18.0 Å². The topological polar surface area (TPSA) is 90.1 Å². The summed E-state index contributed by atoms with van der Waals surface area (Å²) in [5.41, 5.74) is 2.95. The van der Waals surface area contributed by atoms with Crippen molar-refractivity contribution in [3.8, 4) is 0 Å². The summed E-state index contributed by atoms with van der Waals surface area (Å²) in [6, 6.07) is 10.6. The third kappa shape index (κ3) is 3.80. The average Bonchev–Trinajstić information content (AvgIpc) is 3.38. The Morgan fingerprint density at radius 3 is 2.88 bits per heavy atom. The Labute approximate surface area is 195 Å². The highest BCUT2D eigenvalue weighted by molar-refractivity contribution is 6.33. The maximum atomic E-state index is 12.9. The van der Waals surface area contributed by atoms with Crippen LogP contribution in [-0.4, -0.2) is 40.9 Å². The van der Waals surface area contributed by atoms with Crippen LogP contribution in [0, 0.1) is 5.92 Å². The van der Waals surface area contributed by atoms with E-state index in [1.165, 1.54) is 0 Å². The van der Waals surface area contributed by atoms with Crippen LogP contribution in [0.2, 0.25) is 10.0 Å². The molecule has 2 aromatic carbocycles. The van der Waals surface area contributed by atoms with E-state index in [1.54, 1.807) is 24.3 Å². The minimum Gasteiger partial charge on any atom is -0.366 e. The molecule has 7 nitrogen and oxygen atoms in total. The molecule has 2 aliphatic rings. The lowest BCUT2D eigenvalue weighted by molar-refractivity contribution is -0.126. The van der Waals surface area contributed by atoms with E-state index in [-0.39, 0.29) is 29.8 Å². The number of piperidine rings is 1. The Morgan fingerprint density at radius 1 is 1.22 bits per heavy atom. The smallest absolute Gasteiger partial charge is 0.251 e. The van der Waals surface area contributed by atoms with E-state index in [4.69, 9.17) is 23.2 Å². The molecule has 1 aromatic heterocycles. The van der Waals surface area contributed by atoms with Crippen LogP contribution in [0.15, 0.2) is 36.4 Å². The van der Waals surface area contributed by atoms with E-state index in [0.717, 1.165) is 36.1 Å². The van der Waals surface area contributed by atoms with Crippen LogP contribution in [0.1, 0.15) is 42.0 Å². The molecule has 9 heteroatoms. The Kier molecular flexibility index (Phi) is 5.47. The first-order valence-electron chi connectivity index (χ1n) is 10.7. The van der Waals surface area contributed by atoms with Crippen LogP contribution in [0.25, 0.3) is 11.0 Å². The molecule has 3 aromatic rings. The number of imidazole rings is 1. The zero-order chi connectivity index (χ0) is 22.4. The highest BCUT2D eigenvalue weighted by Crippen LogP contribution is 2.37. The molecule has 32 heavy (non-hydrogen) atoms. The summed E-state index contributed by atoms with van der Waals surface area (Å²) in [5, 5.41) is 7.03. The van der Waals surface area contributed by atoms with Crippen LogP contribution >= 0.6 is 23.2 Å².